The van der Waals surface area contributed by atoms with Crippen molar-refractivity contribution in [3.63, 3.8) is 0 Å². The van der Waals surface area contributed by atoms with Gasteiger partial charge in [0.1, 0.15) is 16.2 Å². The lowest BCUT2D eigenvalue weighted by Gasteiger charge is -2.29. The Hall–Kier alpha value is -8.05. The summed E-state index contributed by atoms with van der Waals surface area (Å²) in [4.78, 5) is 7.39. The standard InChI is InChI=1S/C59H38N2OS/c1-4-12-39(13-5-1)42-22-28-49(29-23-42)61(54-34-27-46(40-14-6-2-7-15-40)37-52(54)48-21-20-41-16-10-11-19-45(41)36-48)50-30-24-43(25-31-50)47-26-32-51-56(38-47)62-55-35-33-53-58(57(51)55)63-59(60-53)44-17-8-3-9-18-44/h1-38H. The van der Waals surface area contributed by atoms with Gasteiger partial charge in [-0.1, -0.05) is 164 Å². The van der Waals surface area contributed by atoms with E-state index in [0.29, 0.717) is 0 Å². The lowest BCUT2D eigenvalue weighted by Crippen LogP contribution is -2.11. The van der Waals surface area contributed by atoms with Gasteiger partial charge in [0.2, 0.25) is 0 Å². The summed E-state index contributed by atoms with van der Waals surface area (Å²) in [6.45, 7) is 0. The molecule has 296 valence electrons. The first-order valence-electron chi connectivity index (χ1n) is 21.3. The Balaban J connectivity index is 0.972. The number of aromatic nitrogens is 1. The molecule has 12 aromatic rings. The molecule has 0 aliphatic heterocycles. The molecule has 0 atom stereocenters. The Morgan fingerprint density at radius 1 is 0.381 bits per heavy atom. The van der Waals surface area contributed by atoms with Crippen molar-refractivity contribution in [2.24, 2.45) is 0 Å². The van der Waals surface area contributed by atoms with Crippen LogP contribution in [0.1, 0.15) is 0 Å². The number of anilines is 3. The van der Waals surface area contributed by atoms with Gasteiger partial charge in [-0.2, -0.15) is 0 Å². The van der Waals surface area contributed by atoms with Gasteiger partial charge in [0.15, 0.2) is 0 Å². The third kappa shape index (κ3) is 6.74. The average Bonchev–Trinajstić information content (AvgIpc) is 3.97. The first kappa shape index (κ1) is 36.8. The smallest absolute Gasteiger partial charge is 0.137 e. The molecule has 4 heteroatoms. The summed E-state index contributed by atoms with van der Waals surface area (Å²) in [6, 6.07) is 82.5. The van der Waals surface area contributed by atoms with Gasteiger partial charge in [-0.15, -0.1) is 11.3 Å². The van der Waals surface area contributed by atoms with Gasteiger partial charge in [-0.25, -0.2) is 4.98 Å². The molecule has 0 unspecified atom stereocenters. The minimum atomic E-state index is 0.868. The molecule has 3 nitrogen and oxygen atoms in total. The van der Waals surface area contributed by atoms with Crippen molar-refractivity contribution in [3.8, 4) is 55.1 Å². The fourth-order valence-corrected chi connectivity index (χ4v) is 10.0. The molecule has 0 aliphatic rings. The molecule has 63 heavy (non-hydrogen) atoms. The van der Waals surface area contributed by atoms with E-state index < -0.39 is 0 Å². The summed E-state index contributed by atoms with van der Waals surface area (Å²) in [6.07, 6.45) is 0. The molecule has 0 bridgehead atoms. The lowest BCUT2D eigenvalue weighted by molar-refractivity contribution is 0.669. The second kappa shape index (κ2) is 15.4. The Morgan fingerprint density at radius 2 is 0.921 bits per heavy atom. The Morgan fingerprint density at radius 3 is 1.62 bits per heavy atom. The second-order valence-electron chi connectivity index (χ2n) is 15.9. The summed E-state index contributed by atoms with van der Waals surface area (Å²) < 4.78 is 7.70. The van der Waals surface area contributed by atoms with E-state index in [-0.39, 0.29) is 0 Å². The van der Waals surface area contributed by atoms with E-state index in [1.165, 1.54) is 33.0 Å². The van der Waals surface area contributed by atoms with Crippen LogP contribution in [0.3, 0.4) is 0 Å². The summed E-state index contributed by atoms with van der Waals surface area (Å²) in [7, 11) is 0. The topological polar surface area (TPSA) is 29.3 Å². The van der Waals surface area contributed by atoms with Crippen LogP contribution in [0, 0.1) is 0 Å². The highest BCUT2D eigenvalue weighted by atomic mass is 32.1. The zero-order valence-electron chi connectivity index (χ0n) is 34.2. The maximum Gasteiger partial charge on any atom is 0.137 e. The zero-order valence-corrected chi connectivity index (χ0v) is 35.0. The number of furan rings is 1. The van der Waals surface area contributed by atoms with Crippen molar-refractivity contribution in [2.45, 2.75) is 0 Å². The van der Waals surface area contributed by atoms with E-state index in [0.717, 1.165) is 82.0 Å². The molecule has 0 spiro atoms. The minimum absolute atomic E-state index is 0.868. The molecule has 0 amide bonds. The van der Waals surface area contributed by atoms with Crippen LogP contribution in [0.15, 0.2) is 235 Å². The van der Waals surface area contributed by atoms with Crippen molar-refractivity contribution in [1.29, 1.82) is 0 Å². The monoisotopic (exact) mass is 822 g/mol. The largest absolute Gasteiger partial charge is 0.456 e. The first-order chi connectivity index (χ1) is 31.2. The Kier molecular flexibility index (Phi) is 9.02. The molecule has 0 saturated heterocycles. The summed E-state index contributed by atoms with van der Waals surface area (Å²) in [5, 5.41) is 5.68. The van der Waals surface area contributed by atoms with Crippen LogP contribution < -0.4 is 4.90 Å². The van der Waals surface area contributed by atoms with Crippen LogP contribution in [0.5, 0.6) is 0 Å². The highest BCUT2D eigenvalue weighted by Crippen LogP contribution is 2.45. The molecule has 10 aromatic carbocycles. The van der Waals surface area contributed by atoms with Crippen LogP contribution in [-0.2, 0) is 0 Å². The average molecular weight is 823 g/mol. The van der Waals surface area contributed by atoms with E-state index in [1.54, 1.807) is 11.3 Å². The molecule has 12 rings (SSSR count). The van der Waals surface area contributed by atoms with Crippen molar-refractivity contribution < 1.29 is 4.42 Å². The van der Waals surface area contributed by atoms with Crippen LogP contribution >= 0.6 is 11.3 Å². The molecular formula is C59H38N2OS. The molecular weight excluding hydrogens is 785 g/mol. The highest BCUT2D eigenvalue weighted by molar-refractivity contribution is 7.22. The maximum absolute atomic E-state index is 6.55. The first-order valence-corrected chi connectivity index (χ1v) is 22.1. The molecule has 0 N–H and O–H groups in total. The number of benzene rings is 10. The number of thiazole rings is 1. The van der Waals surface area contributed by atoms with Gasteiger partial charge in [0, 0.05) is 33.3 Å². The fourth-order valence-electron chi connectivity index (χ4n) is 8.92. The minimum Gasteiger partial charge on any atom is -0.456 e. The van der Waals surface area contributed by atoms with Gasteiger partial charge < -0.3 is 9.32 Å². The van der Waals surface area contributed by atoms with Crippen molar-refractivity contribution in [3.05, 3.63) is 231 Å². The predicted molar refractivity (Wildman–Crippen MR) is 266 cm³/mol. The maximum atomic E-state index is 6.55. The molecule has 0 aliphatic carbocycles. The summed E-state index contributed by atoms with van der Waals surface area (Å²) in [5.41, 5.74) is 16.4. The van der Waals surface area contributed by atoms with Crippen LogP contribution in [0.25, 0.3) is 98.0 Å². The van der Waals surface area contributed by atoms with Crippen molar-refractivity contribution >= 4 is 71.3 Å². The fraction of sp³-hybridized carbons (Fsp3) is 0. The number of fused-ring (bicyclic) bond motifs is 6. The zero-order chi connectivity index (χ0) is 41.7. The van der Waals surface area contributed by atoms with E-state index in [9.17, 15) is 0 Å². The van der Waals surface area contributed by atoms with Crippen LogP contribution in [0.4, 0.5) is 17.1 Å². The van der Waals surface area contributed by atoms with Gasteiger partial charge in [0.25, 0.3) is 0 Å². The quantitative estimate of drug-likeness (QED) is 0.153. The van der Waals surface area contributed by atoms with Crippen molar-refractivity contribution in [2.75, 3.05) is 4.90 Å². The third-order valence-electron chi connectivity index (χ3n) is 12.1. The van der Waals surface area contributed by atoms with E-state index >= 15 is 0 Å². The van der Waals surface area contributed by atoms with Crippen LogP contribution in [0.2, 0.25) is 0 Å². The van der Waals surface area contributed by atoms with E-state index in [2.05, 4.69) is 229 Å². The second-order valence-corrected chi connectivity index (χ2v) is 16.9. The number of hydrogen-bond donors (Lipinski definition) is 0. The SMILES string of the molecule is c1ccc(-c2ccc(N(c3ccc(-c4ccc5c(c4)oc4ccc6nc(-c7ccccc7)sc6c45)cc3)c3ccc(-c4ccccc4)cc3-c3ccc4ccccc4c3)cc2)cc1. The number of rotatable bonds is 8. The van der Waals surface area contributed by atoms with Gasteiger partial charge in [-0.05, 0) is 116 Å². The molecule has 2 aromatic heterocycles. The van der Waals surface area contributed by atoms with Gasteiger partial charge >= 0.3 is 0 Å². The highest BCUT2D eigenvalue weighted by Gasteiger charge is 2.20. The molecule has 2 heterocycles. The third-order valence-corrected chi connectivity index (χ3v) is 13.2. The van der Waals surface area contributed by atoms with Crippen LogP contribution in [-0.4, -0.2) is 4.98 Å². The normalized spacial score (nSPS) is 11.5. The van der Waals surface area contributed by atoms with Gasteiger partial charge in [0.05, 0.1) is 15.9 Å². The Labute approximate surface area is 369 Å². The predicted octanol–water partition coefficient (Wildman–Crippen LogP) is 17.2. The van der Waals surface area contributed by atoms with Crippen molar-refractivity contribution in [1.82, 2.24) is 4.98 Å². The lowest BCUT2D eigenvalue weighted by atomic mass is 9.94. The summed E-state index contributed by atoms with van der Waals surface area (Å²) in [5.74, 6) is 0. The number of hydrogen-bond acceptors (Lipinski definition) is 4. The Bertz CT molecular complexity index is 3590. The summed E-state index contributed by atoms with van der Waals surface area (Å²) >= 11 is 1.72. The molecule has 0 saturated carbocycles. The number of nitrogens with zero attached hydrogens (tertiary/aromatic N) is 2. The molecule has 0 fully saturated rings. The van der Waals surface area contributed by atoms with E-state index in [4.69, 9.17) is 9.40 Å². The van der Waals surface area contributed by atoms with E-state index in [1.807, 2.05) is 6.07 Å². The van der Waals surface area contributed by atoms with Gasteiger partial charge in [-0.3, -0.25) is 0 Å². The molecule has 0 radical (unpaired) electrons.